The van der Waals surface area contributed by atoms with Crippen LogP contribution < -0.4 is 11.3 Å². The number of nitrogens with two attached hydrogens (primary N) is 1. The maximum absolute atomic E-state index is 5.53. The van der Waals surface area contributed by atoms with Crippen LogP contribution in [0.3, 0.4) is 0 Å². The summed E-state index contributed by atoms with van der Waals surface area (Å²) < 4.78 is 0. The average Bonchev–Trinajstić information content (AvgIpc) is 2.90. The van der Waals surface area contributed by atoms with E-state index in [1.54, 1.807) is 22.7 Å². The zero-order valence-electron chi connectivity index (χ0n) is 8.22. The van der Waals surface area contributed by atoms with E-state index in [4.69, 9.17) is 5.84 Å². The maximum Gasteiger partial charge on any atom is 0.0794 e. The van der Waals surface area contributed by atoms with Crippen molar-refractivity contribution in [2.24, 2.45) is 5.84 Å². The van der Waals surface area contributed by atoms with Crippen LogP contribution in [0.2, 0.25) is 0 Å². The normalized spacial score (nSPS) is 12.9. The van der Waals surface area contributed by atoms with Crippen molar-refractivity contribution < 1.29 is 0 Å². The molecule has 0 radical (unpaired) electrons. The molecule has 0 bridgehead atoms. The Morgan fingerprint density at radius 2 is 2.47 bits per heavy atom. The number of aromatic nitrogens is 1. The van der Waals surface area contributed by atoms with Gasteiger partial charge in [0.15, 0.2) is 0 Å². The summed E-state index contributed by atoms with van der Waals surface area (Å²) in [5.41, 5.74) is 6.06. The van der Waals surface area contributed by atoms with E-state index in [9.17, 15) is 0 Å². The van der Waals surface area contributed by atoms with Crippen LogP contribution in [0.15, 0.2) is 28.5 Å². The van der Waals surface area contributed by atoms with Gasteiger partial charge >= 0.3 is 0 Å². The second kappa shape index (κ2) is 5.37. The lowest BCUT2D eigenvalue weighted by atomic mass is 10.1. The fourth-order valence-corrected chi connectivity index (χ4v) is 2.87. The van der Waals surface area contributed by atoms with Gasteiger partial charge in [0.1, 0.15) is 0 Å². The van der Waals surface area contributed by atoms with Crippen molar-refractivity contribution in [2.45, 2.75) is 18.9 Å². The van der Waals surface area contributed by atoms with Crippen molar-refractivity contribution in [3.8, 4) is 0 Å². The van der Waals surface area contributed by atoms with Gasteiger partial charge in [-0.15, -0.1) is 11.3 Å². The number of hydrogen-bond donors (Lipinski definition) is 2. The van der Waals surface area contributed by atoms with Gasteiger partial charge in [0.2, 0.25) is 0 Å². The summed E-state index contributed by atoms with van der Waals surface area (Å²) in [5, 5.41) is 4.28. The van der Waals surface area contributed by atoms with Gasteiger partial charge in [0.05, 0.1) is 11.6 Å². The van der Waals surface area contributed by atoms with Crippen LogP contribution in [0, 0.1) is 0 Å². The topological polar surface area (TPSA) is 50.9 Å². The maximum atomic E-state index is 5.53. The minimum Gasteiger partial charge on any atom is -0.271 e. The van der Waals surface area contributed by atoms with Gasteiger partial charge < -0.3 is 0 Å². The molecular weight excluding hydrogens is 226 g/mol. The van der Waals surface area contributed by atoms with E-state index < -0.39 is 0 Å². The lowest BCUT2D eigenvalue weighted by Crippen LogP contribution is -2.27. The van der Waals surface area contributed by atoms with Crippen molar-refractivity contribution in [2.75, 3.05) is 0 Å². The summed E-state index contributed by atoms with van der Waals surface area (Å²) in [4.78, 5) is 5.26. The van der Waals surface area contributed by atoms with Crippen molar-refractivity contribution in [3.05, 3.63) is 39.0 Å². The van der Waals surface area contributed by atoms with Gasteiger partial charge in [0.25, 0.3) is 0 Å². The molecule has 0 spiro atoms. The fourth-order valence-electron chi connectivity index (χ4n) is 1.45. The molecule has 1 unspecified atom stereocenters. The zero-order chi connectivity index (χ0) is 10.5. The molecule has 3 N–H and O–H groups in total. The Hall–Kier alpha value is -0.750. The van der Waals surface area contributed by atoms with Crippen molar-refractivity contribution in [1.29, 1.82) is 0 Å². The Labute approximate surface area is 96.9 Å². The molecule has 2 heterocycles. The summed E-state index contributed by atoms with van der Waals surface area (Å²) in [6.07, 6.45) is 3.94. The average molecular weight is 239 g/mol. The van der Waals surface area contributed by atoms with Crippen molar-refractivity contribution in [3.63, 3.8) is 0 Å². The Morgan fingerprint density at radius 3 is 3.07 bits per heavy atom. The van der Waals surface area contributed by atoms with Crippen LogP contribution in [0.25, 0.3) is 0 Å². The van der Waals surface area contributed by atoms with E-state index >= 15 is 0 Å². The fraction of sp³-hybridized carbons (Fsp3) is 0.300. The molecule has 0 saturated heterocycles. The first kappa shape index (κ1) is 10.8. The SMILES string of the molecule is NNC(CCc1ccsc1)c1cncs1. The standard InChI is InChI=1S/C10H13N3S2/c11-13-9(10-5-12-7-15-10)2-1-8-3-4-14-6-8/h3-7,9,13H,1-2,11H2. The Balaban J connectivity index is 1.92. The molecule has 0 aliphatic heterocycles. The summed E-state index contributed by atoms with van der Waals surface area (Å²) in [6.45, 7) is 0. The number of thiazole rings is 1. The molecule has 0 fully saturated rings. The van der Waals surface area contributed by atoms with E-state index in [1.165, 1.54) is 10.4 Å². The Bertz CT molecular complexity index is 369. The van der Waals surface area contributed by atoms with Gasteiger partial charge in [-0.2, -0.15) is 11.3 Å². The molecule has 2 aromatic rings. The Kier molecular flexibility index (Phi) is 3.85. The van der Waals surface area contributed by atoms with Crippen molar-refractivity contribution >= 4 is 22.7 Å². The second-order valence-electron chi connectivity index (χ2n) is 3.29. The highest BCUT2D eigenvalue weighted by Gasteiger charge is 2.11. The van der Waals surface area contributed by atoms with Crippen LogP contribution in [0.5, 0.6) is 0 Å². The van der Waals surface area contributed by atoms with E-state index in [1.807, 2.05) is 11.7 Å². The molecule has 0 aromatic carbocycles. The molecule has 0 aliphatic rings. The third-order valence-corrected chi connectivity index (χ3v) is 3.92. The predicted octanol–water partition coefficient (Wildman–Crippen LogP) is 2.34. The number of nitrogens with zero attached hydrogens (tertiary/aromatic N) is 1. The minimum atomic E-state index is 0.220. The van der Waals surface area contributed by atoms with E-state index in [-0.39, 0.29) is 6.04 Å². The highest BCUT2D eigenvalue weighted by atomic mass is 32.1. The van der Waals surface area contributed by atoms with E-state index in [0.717, 1.165) is 12.8 Å². The monoisotopic (exact) mass is 239 g/mol. The molecule has 80 valence electrons. The summed E-state index contributed by atoms with van der Waals surface area (Å²) in [5.74, 6) is 5.53. The van der Waals surface area contributed by atoms with Gasteiger partial charge in [0, 0.05) is 11.1 Å². The number of nitrogens with one attached hydrogen (secondary N) is 1. The molecule has 0 amide bonds. The number of rotatable bonds is 5. The number of thiophene rings is 1. The summed E-state index contributed by atoms with van der Waals surface area (Å²) >= 11 is 3.38. The van der Waals surface area contributed by atoms with E-state index in [0.29, 0.717) is 0 Å². The largest absolute Gasteiger partial charge is 0.271 e. The Morgan fingerprint density at radius 1 is 1.53 bits per heavy atom. The van der Waals surface area contributed by atoms with E-state index in [2.05, 4.69) is 27.2 Å². The van der Waals surface area contributed by atoms with Crippen LogP contribution in [0.1, 0.15) is 22.9 Å². The molecule has 0 aliphatic carbocycles. The molecule has 2 aromatic heterocycles. The number of aryl methyl sites for hydroxylation is 1. The first-order valence-electron chi connectivity index (χ1n) is 4.75. The summed E-state index contributed by atoms with van der Waals surface area (Å²) in [7, 11) is 0. The van der Waals surface area contributed by atoms with Crippen LogP contribution in [0.4, 0.5) is 0 Å². The summed E-state index contributed by atoms with van der Waals surface area (Å²) in [6, 6.07) is 2.38. The van der Waals surface area contributed by atoms with Crippen LogP contribution in [-0.2, 0) is 6.42 Å². The van der Waals surface area contributed by atoms with Gasteiger partial charge in [-0.25, -0.2) is 0 Å². The lowest BCUT2D eigenvalue weighted by Gasteiger charge is -2.12. The molecule has 5 heteroatoms. The smallest absolute Gasteiger partial charge is 0.0794 e. The lowest BCUT2D eigenvalue weighted by molar-refractivity contribution is 0.523. The number of hydrazine groups is 1. The molecule has 0 saturated carbocycles. The first-order valence-corrected chi connectivity index (χ1v) is 6.58. The minimum absolute atomic E-state index is 0.220. The molecular formula is C10H13N3S2. The third-order valence-electron chi connectivity index (χ3n) is 2.30. The van der Waals surface area contributed by atoms with Gasteiger partial charge in [-0.3, -0.25) is 16.3 Å². The van der Waals surface area contributed by atoms with Gasteiger partial charge in [-0.05, 0) is 35.2 Å². The first-order chi connectivity index (χ1) is 7.40. The molecule has 15 heavy (non-hydrogen) atoms. The molecule has 2 rings (SSSR count). The quantitative estimate of drug-likeness (QED) is 0.622. The zero-order valence-corrected chi connectivity index (χ0v) is 9.85. The highest BCUT2D eigenvalue weighted by Crippen LogP contribution is 2.22. The molecule has 3 nitrogen and oxygen atoms in total. The predicted molar refractivity (Wildman–Crippen MR) is 64.8 cm³/mol. The third kappa shape index (κ3) is 2.85. The molecule has 1 atom stereocenters. The highest BCUT2D eigenvalue weighted by molar-refractivity contribution is 7.09. The van der Waals surface area contributed by atoms with Crippen molar-refractivity contribution in [1.82, 2.24) is 10.4 Å². The van der Waals surface area contributed by atoms with Crippen LogP contribution >= 0.6 is 22.7 Å². The van der Waals surface area contributed by atoms with Crippen LogP contribution in [-0.4, -0.2) is 4.98 Å². The second-order valence-corrected chi connectivity index (χ2v) is 4.99. The van der Waals surface area contributed by atoms with Gasteiger partial charge in [-0.1, -0.05) is 0 Å². The number of hydrogen-bond acceptors (Lipinski definition) is 5.